The Labute approximate surface area is 115 Å². The molecule has 1 rings (SSSR count). The summed E-state index contributed by atoms with van der Waals surface area (Å²) in [5.41, 5.74) is -0.0597. The third kappa shape index (κ3) is 3.93. The molecular weight excluding hydrogens is 244 g/mol. The van der Waals surface area contributed by atoms with Crippen molar-refractivity contribution in [3.63, 3.8) is 0 Å². The lowest BCUT2D eigenvalue weighted by Crippen LogP contribution is -2.63. The smallest absolute Gasteiger partial charge is 0.245 e. The molecule has 0 aromatic heterocycles. The van der Waals surface area contributed by atoms with Crippen molar-refractivity contribution < 1.29 is 14.3 Å². The van der Waals surface area contributed by atoms with E-state index >= 15 is 0 Å². The van der Waals surface area contributed by atoms with E-state index in [0.29, 0.717) is 19.6 Å². The van der Waals surface area contributed by atoms with Gasteiger partial charge in [0.15, 0.2) is 0 Å². The SMILES string of the molecule is CCC1NC(=O)C(C)N(CC(C)(C)CCOC)C1=O. The van der Waals surface area contributed by atoms with Crippen molar-refractivity contribution in [1.82, 2.24) is 10.2 Å². The van der Waals surface area contributed by atoms with Crippen molar-refractivity contribution in [2.75, 3.05) is 20.3 Å². The summed E-state index contributed by atoms with van der Waals surface area (Å²) in [5, 5.41) is 2.77. The van der Waals surface area contributed by atoms with Crippen LogP contribution in [-0.2, 0) is 14.3 Å². The number of nitrogens with zero attached hydrogens (tertiary/aromatic N) is 1. The molecule has 1 aliphatic rings. The second kappa shape index (κ2) is 6.37. The normalized spacial score (nSPS) is 24.6. The van der Waals surface area contributed by atoms with Crippen molar-refractivity contribution in [2.24, 2.45) is 5.41 Å². The molecule has 1 fully saturated rings. The summed E-state index contributed by atoms with van der Waals surface area (Å²) < 4.78 is 5.10. The van der Waals surface area contributed by atoms with Gasteiger partial charge in [-0.15, -0.1) is 0 Å². The minimum atomic E-state index is -0.392. The number of methoxy groups -OCH3 is 1. The first-order valence-corrected chi connectivity index (χ1v) is 6.92. The van der Waals surface area contributed by atoms with Crippen LogP contribution in [0.5, 0.6) is 0 Å². The van der Waals surface area contributed by atoms with Gasteiger partial charge in [0, 0.05) is 20.3 Å². The minimum absolute atomic E-state index is 0.0279. The van der Waals surface area contributed by atoms with E-state index in [0.717, 1.165) is 6.42 Å². The van der Waals surface area contributed by atoms with E-state index in [4.69, 9.17) is 4.74 Å². The van der Waals surface area contributed by atoms with Gasteiger partial charge in [0.2, 0.25) is 11.8 Å². The number of rotatable bonds is 6. The third-order valence-corrected chi connectivity index (χ3v) is 3.73. The Kier molecular flexibility index (Phi) is 5.35. The van der Waals surface area contributed by atoms with Crippen LogP contribution in [0.4, 0.5) is 0 Å². The Bertz CT molecular complexity index is 342. The summed E-state index contributed by atoms with van der Waals surface area (Å²) in [6.07, 6.45) is 1.49. The lowest BCUT2D eigenvalue weighted by molar-refractivity contribution is -0.150. The van der Waals surface area contributed by atoms with E-state index in [1.165, 1.54) is 0 Å². The zero-order valence-corrected chi connectivity index (χ0v) is 12.7. The van der Waals surface area contributed by atoms with E-state index in [-0.39, 0.29) is 23.3 Å². The second-order valence-corrected chi connectivity index (χ2v) is 6.02. The number of ether oxygens (including phenoxy) is 1. The van der Waals surface area contributed by atoms with Crippen molar-refractivity contribution in [1.29, 1.82) is 0 Å². The van der Waals surface area contributed by atoms with Crippen LogP contribution in [0.3, 0.4) is 0 Å². The molecule has 110 valence electrons. The van der Waals surface area contributed by atoms with E-state index < -0.39 is 6.04 Å². The molecule has 1 saturated heterocycles. The van der Waals surface area contributed by atoms with E-state index in [2.05, 4.69) is 19.2 Å². The first-order valence-electron chi connectivity index (χ1n) is 6.92. The van der Waals surface area contributed by atoms with Crippen LogP contribution in [0, 0.1) is 5.41 Å². The fraction of sp³-hybridized carbons (Fsp3) is 0.857. The first kappa shape index (κ1) is 16.0. The zero-order valence-electron chi connectivity index (χ0n) is 12.7. The van der Waals surface area contributed by atoms with Gasteiger partial charge >= 0.3 is 0 Å². The van der Waals surface area contributed by atoms with E-state index in [1.54, 1.807) is 18.9 Å². The monoisotopic (exact) mass is 270 g/mol. The van der Waals surface area contributed by atoms with Gasteiger partial charge in [-0.1, -0.05) is 20.8 Å². The Balaban J connectivity index is 2.77. The van der Waals surface area contributed by atoms with Crippen molar-refractivity contribution in [2.45, 2.75) is 52.6 Å². The van der Waals surface area contributed by atoms with E-state index in [9.17, 15) is 9.59 Å². The molecule has 0 aromatic rings. The van der Waals surface area contributed by atoms with Crippen LogP contribution in [0.25, 0.3) is 0 Å². The van der Waals surface area contributed by atoms with Gasteiger partial charge in [-0.05, 0) is 25.2 Å². The maximum absolute atomic E-state index is 12.3. The Morgan fingerprint density at radius 3 is 2.53 bits per heavy atom. The number of amides is 2. The molecule has 0 aliphatic carbocycles. The Hall–Kier alpha value is -1.10. The van der Waals surface area contributed by atoms with Crippen LogP contribution in [0.2, 0.25) is 0 Å². The molecule has 0 bridgehead atoms. The fourth-order valence-electron chi connectivity index (χ4n) is 2.30. The first-order chi connectivity index (χ1) is 8.82. The number of carbonyl (C=O) groups excluding carboxylic acids is 2. The van der Waals surface area contributed by atoms with Crippen LogP contribution < -0.4 is 5.32 Å². The summed E-state index contributed by atoms with van der Waals surface area (Å²) in [5.74, 6) is -0.0333. The van der Waals surface area contributed by atoms with Crippen molar-refractivity contribution >= 4 is 11.8 Å². The maximum atomic E-state index is 12.3. The number of hydrogen-bond acceptors (Lipinski definition) is 3. The average Bonchev–Trinajstić information content (AvgIpc) is 2.36. The number of piperazine rings is 1. The molecule has 0 spiro atoms. The molecule has 0 saturated carbocycles. The zero-order chi connectivity index (χ0) is 14.6. The molecule has 5 heteroatoms. The molecule has 2 atom stereocenters. The summed E-state index contributed by atoms with van der Waals surface area (Å²) in [4.78, 5) is 25.9. The van der Waals surface area contributed by atoms with Gasteiger partial charge in [-0.2, -0.15) is 0 Å². The molecule has 0 aromatic carbocycles. The van der Waals surface area contributed by atoms with Gasteiger partial charge in [-0.25, -0.2) is 0 Å². The molecule has 1 heterocycles. The Morgan fingerprint density at radius 2 is 2.00 bits per heavy atom. The highest BCUT2D eigenvalue weighted by molar-refractivity contribution is 5.96. The van der Waals surface area contributed by atoms with Gasteiger partial charge in [-0.3, -0.25) is 9.59 Å². The van der Waals surface area contributed by atoms with Gasteiger partial charge in [0.1, 0.15) is 12.1 Å². The van der Waals surface area contributed by atoms with Crippen LogP contribution in [-0.4, -0.2) is 49.1 Å². The van der Waals surface area contributed by atoms with Gasteiger partial charge in [0.25, 0.3) is 0 Å². The number of carbonyl (C=O) groups is 2. The average molecular weight is 270 g/mol. The molecule has 5 nitrogen and oxygen atoms in total. The van der Waals surface area contributed by atoms with Crippen LogP contribution in [0.1, 0.15) is 40.5 Å². The van der Waals surface area contributed by atoms with Gasteiger partial charge < -0.3 is 15.0 Å². The van der Waals surface area contributed by atoms with Crippen molar-refractivity contribution in [3.05, 3.63) is 0 Å². The minimum Gasteiger partial charge on any atom is -0.385 e. The highest BCUT2D eigenvalue weighted by atomic mass is 16.5. The molecular formula is C14H26N2O3. The fourth-order valence-corrected chi connectivity index (χ4v) is 2.30. The predicted molar refractivity (Wildman–Crippen MR) is 73.7 cm³/mol. The lowest BCUT2D eigenvalue weighted by atomic mass is 9.87. The highest BCUT2D eigenvalue weighted by Gasteiger charge is 2.39. The molecule has 0 radical (unpaired) electrons. The molecule has 2 unspecified atom stereocenters. The van der Waals surface area contributed by atoms with Crippen molar-refractivity contribution in [3.8, 4) is 0 Å². The number of nitrogens with one attached hydrogen (secondary N) is 1. The maximum Gasteiger partial charge on any atom is 0.245 e. The Morgan fingerprint density at radius 1 is 1.37 bits per heavy atom. The molecule has 1 aliphatic heterocycles. The van der Waals surface area contributed by atoms with E-state index in [1.807, 2.05) is 6.92 Å². The summed E-state index contributed by atoms with van der Waals surface area (Å²) in [6.45, 7) is 9.13. The third-order valence-electron chi connectivity index (χ3n) is 3.73. The topological polar surface area (TPSA) is 58.6 Å². The van der Waals surface area contributed by atoms with Crippen LogP contribution >= 0.6 is 0 Å². The lowest BCUT2D eigenvalue weighted by Gasteiger charge is -2.41. The summed E-state index contributed by atoms with van der Waals surface area (Å²) in [6, 6.07) is -0.765. The van der Waals surface area contributed by atoms with Crippen LogP contribution in [0.15, 0.2) is 0 Å². The predicted octanol–water partition coefficient (Wildman–Crippen LogP) is 1.17. The molecule has 1 N–H and O–H groups in total. The standard InChI is InChI=1S/C14H26N2O3/c1-6-11-13(18)16(10(2)12(17)15-11)9-14(3,4)7-8-19-5/h10-11H,6-9H2,1-5H3,(H,15,17). The second-order valence-electron chi connectivity index (χ2n) is 6.02. The van der Waals surface area contributed by atoms with Gasteiger partial charge in [0.05, 0.1) is 0 Å². The largest absolute Gasteiger partial charge is 0.385 e. The molecule has 19 heavy (non-hydrogen) atoms. The quantitative estimate of drug-likeness (QED) is 0.788. The highest BCUT2D eigenvalue weighted by Crippen LogP contribution is 2.25. The number of hydrogen-bond donors (Lipinski definition) is 1. The molecule has 2 amide bonds. The summed E-state index contributed by atoms with van der Waals surface area (Å²) >= 11 is 0. The summed E-state index contributed by atoms with van der Waals surface area (Å²) in [7, 11) is 1.67.